The van der Waals surface area contributed by atoms with Crippen LogP contribution in [0.2, 0.25) is 0 Å². The Balaban J connectivity index is 2.08. The zero-order chi connectivity index (χ0) is 14.4. The molecule has 1 fully saturated rings. The van der Waals surface area contributed by atoms with E-state index >= 15 is 0 Å². The zero-order valence-corrected chi connectivity index (χ0v) is 13.4. The van der Waals surface area contributed by atoms with Crippen LogP contribution in [0.4, 0.5) is 0 Å². The molecule has 2 rings (SSSR count). The van der Waals surface area contributed by atoms with Crippen molar-refractivity contribution in [2.75, 3.05) is 53.2 Å². The van der Waals surface area contributed by atoms with E-state index in [4.69, 9.17) is 9.47 Å². The van der Waals surface area contributed by atoms with Gasteiger partial charge in [0.05, 0.1) is 14.2 Å². The largest absolute Gasteiger partial charge is 0.493 e. The first-order chi connectivity index (χ1) is 9.78. The van der Waals surface area contributed by atoms with Gasteiger partial charge >= 0.3 is 0 Å². The highest BCUT2D eigenvalue weighted by Gasteiger charge is 2.13. The average molecular weight is 296 g/mol. The van der Waals surface area contributed by atoms with Gasteiger partial charge in [-0.05, 0) is 30.4 Å². The topological polar surface area (TPSA) is 33.7 Å². The maximum absolute atomic E-state index is 5.41. The van der Waals surface area contributed by atoms with Crippen molar-refractivity contribution in [3.63, 3.8) is 0 Å². The molecule has 4 nitrogen and oxygen atoms in total. The van der Waals surface area contributed by atoms with Gasteiger partial charge in [-0.15, -0.1) is 11.8 Å². The fourth-order valence-electron chi connectivity index (χ4n) is 2.50. The number of hydrogen-bond acceptors (Lipinski definition) is 5. The van der Waals surface area contributed by atoms with Gasteiger partial charge < -0.3 is 19.7 Å². The Morgan fingerprint density at radius 1 is 1.15 bits per heavy atom. The summed E-state index contributed by atoms with van der Waals surface area (Å²) in [4.78, 5) is 3.79. The summed E-state index contributed by atoms with van der Waals surface area (Å²) in [6, 6.07) is 4.20. The second kappa shape index (κ2) is 7.76. The van der Waals surface area contributed by atoms with Crippen LogP contribution in [0.3, 0.4) is 0 Å². The number of hydrogen-bond donors (Lipinski definition) is 1. The van der Waals surface area contributed by atoms with E-state index in [2.05, 4.69) is 28.6 Å². The van der Waals surface area contributed by atoms with E-state index in [0.29, 0.717) is 0 Å². The number of rotatable bonds is 6. The lowest BCUT2D eigenvalue weighted by Crippen LogP contribution is -2.44. The van der Waals surface area contributed by atoms with Crippen LogP contribution in [0.25, 0.3) is 0 Å². The van der Waals surface area contributed by atoms with Crippen molar-refractivity contribution in [3.05, 3.63) is 17.7 Å². The molecule has 0 radical (unpaired) electrons. The summed E-state index contributed by atoms with van der Waals surface area (Å²) in [5, 5.41) is 3.39. The minimum Gasteiger partial charge on any atom is -0.493 e. The number of thioether (sulfide) groups is 1. The molecule has 0 bridgehead atoms. The van der Waals surface area contributed by atoms with Crippen LogP contribution in [0.5, 0.6) is 11.5 Å². The number of nitrogens with zero attached hydrogens (tertiary/aromatic N) is 1. The normalized spacial score (nSPS) is 16.1. The van der Waals surface area contributed by atoms with Gasteiger partial charge in [-0.25, -0.2) is 0 Å². The van der Waals surface area contributed by atoms with Crippen LogP contribution in [0.1, 0.15) is 5.56 Å². The SMILES string of the molecule is COc1cc(CCN2CCNCC2)c(SC)cc1OC. The number of piperazine rings is 1. The Hall–Kier alpha value is -0.910. The molecule has 0 saturated carbocycles. The van der Waals surface area contributed by atoms with Crippen molar-refractivity contribution in [2.24, 2.45) is 0 Å². The molecule has 1 aliphatic heterocycles. The Morgan fingerprint density at radius 3 is 2.40 bits per heavy atom. The molecule has 1 heterocycles. The van der Waals surface area contributed by atoms with Gasteiger partial charge in [0.1, 0.15) is 0 Å². The van der Waals surface area contributed by atoms with Gasteiger partial charge in [0.25, 0.3) is 0 Å². The maximum atomic E-state index is 5.41. The first kappa shape index (κ1) is 15.5. The Labute approximate surface area is 125 Å². The third kappa shape index (κ3) is 3.81. The number of nitrogens with one attached hydrogen (secondary N) is 1. The monoisotopic (exact) mass is 296 g/mol. The molecular weight excluding hydrogens is 272 g/mol. The summed E-state index contributed by atoms with van der Waals surface area (Å²) in [7, 11) is 3.37. The molecular formula is C15H24N2O2S. The van der Waals surface area contributed by atoms with E-state index in [1.807, 2.05) is 0 Å². The summed E-state index contributed by atoms with van der Waals surface area (Å²) in [5.41, 5.74) is 1.34. The van der Waals surface area contributed by atoms with Gasteiger partial charge in [0.2, 0.25) is 0 Å². The number of methoxy groups -OCH3 is 2. The van der Waals surface area contributed by atoms with Crippen LogP contribution in [0, 0.1) is 0 Å². The molecule has 0 aliphatic carbocycles. The molecule has 1 aromatic carbocycles. The molecule has 1 saturated heterocycles. The summed E-state index contributed by atoms with van der Waals surface area (Å²) in [6.45, 7) is 5.58. The lowest BCUT2D eigenvalue weighted by Gasteiger charge is -2.27. The molecule has 5 heteroatoms. The third-order valence-electron chi connectivity index (χ3n) is 3.69. The highest BCUT2D eigenvalue weighted by atomic mass is 32.2. The third-order valence-corrected chi connectivity index (χ3v) is 4.51. The number of ether oxygens (including phenoxy) is 2. The smallest absolute Gasteiger partial charge is 0.161 e. The number of benzene rings is 1. The molecule has 0 amide bonds. The Morgan fingerprint density at radius 2 is 1.80 bits per heavy atom. The van der Waals surface area contributed by atoms with E-state index < -0.39 is 0 Å². The quantitative estimate of drug-likeness (QED) is 0.811. The van der Waals surface area contributed by atoms with Crippen LogP contribution in [0.15, 0.2) is 17.0 Å². The fourth-order valence-corrected chi connectivity index (χ4v) is 3.15. The molecule has 20 heavy (non-hydrogen) atoms. The van der Waals surface area contributed by atoms with Crippen LogP contribution in [-0.2, 0) is 6.42 Å². The Kier molecular flexibility index (Phi) is 6.01. The first-order valence-electron chi connectivity index (χ1n) is 7.00. The molecule has 0 spiro atoms. The molecule has 1 aliphatic rings. The maximum Gasteiger partial charge on any atom is 0.161 e. The average Bonchev–Trinajstić information content (AvgIpc) is 2.52. The molecule has 112 valence electrons. The van der Waals surface area contributed by atoms with Gasteiger partial charge in [0, 0.05) is 37.6 Å². The highest BCUT2D eigenvalue weighted by molar-refractivity contribution is 7.98. The summed E-state index contributed by atoms with van der Waals surface area (Å²) in [6.07, 6.45) is 3.16. The first-order valence-corrected chi connectivity index (χ1v) is 8.23. The van der Waals surface area contributed by atoms with Crippen LogP contribution in [-0.4, -0.2) is 58.1 Å². The van der Waals surface area contributed by atoms with Crippen molar-refractivity contribution in [3.8, 4) is 11.5 Å². The predicted octanol–water partition coefficient (Wildman–Crippen LogP) is 1.87. The molecule has 0 atom stereocenters. The van der Waals surface area contributed by atoms with E-state index in [1.165, 1.54) is 10.5 Å². The van der Waals surface area contributed by atoms with Gasteiger partial charge in [-0.3, -0.25) is 0 Å². The lowest BCUT2D eigenvalue weighted by atomic mass is 10.1. The van der Waals surface area contributed by atoms with Crippen LogP contribution < -0.4 is 14.8 Å². The predicted molar refractivity (Wildman–Crippen MR) is 84.3 cm³/mol. The van der Waals surface area contributed by atoms with Crippen molar-refractivity contribution >= 4 is 11.8 Å². The molecule has 1 N–H and O–H groups in total. The standard InChI is InChI=1S/C15H24N2O2S/c1-18-13-10-12(15(20-3)11-14(13)19-2)4-7-17-8-5-16-6-9-17/h10-11,16H,4-9H2,1-3H3. The van der Waals surface area contributed by atoms with E-state index in [0.717, 1.165) is 50.6 Å². The molecule has 0 unspecified atom stereocenters. The summed E-state index contributed by atoms with van der Waals surface area (Å²) < 4.78 is 10.8. The van der Waals surface area contributed by atoms with Crippen molar-refractivity contribution < 1.29 is 9.47 Å². The Bertz CT molecular complexity index is 434. The van der Waals surface area contributed by atoms with Gasteiger partial charge in [-0.2, -0.15) is 0 Å². The van der Waals surface area contributed by atoms with Gasteiger partial charge in [-0.1, -0.05) is 0 Å². The zero-order valence-electron chi connectivity index (χ0n) is 12.6. The van der Waals surface area contributed by atoms with E-state index in [9.17, 15) is 0 Å². The summed E-state index contributed by atoms with van der Waals surface area (Å²) >= 11 is 1.76. The minimum atomic E-state index is 0.808. The molecule has 1 aromatic rings. The van der Waals surface area contributed by atoms with Gasteiger partial charge in [0.15, 0.2) is 11.5 Å². The molecule has 0 aromatic heterocycles. The highest BCUT2D eigenvalue weighted by Crippen LogP contribution is 2.34. The van der Waals surface area contributed by atoms with Crippen molar-refractivity contribution in [1.29, 1.82) is 0 Å². The van der Waals surface area contributed by atoms with Crippen molar-refractivity contribution in [1.82, 2.24) is 10.2 Å². The lowest BCUT2D eigenvalue weighted by molar-refractivity contribution is 0.243. The minimum absolute atomic E-state index is 0.808. The second-order valence-electron chi connectivity index (χ2n) is 4.86. The second-order valence-corrected chi connectivity index (χ2v) is 5.71. The fraction of sp³-hybridized carbons (Fsp3) is 0.600. The van der Waals surface area contributed by atoms with E-state index in [1.54, 1.807) is 26.0 Å². The summed E-state index contributed by atoms with van der Waals surface area (Å²) in [5.74, 6) is 1.63. The van der Waals surface area contributed by atoms with E-state index in [-0.39, 0.29) is 0 Å². The van der Waals surface area contributed by atoms with Crippen molar-refractivity contribution in [2.45, 2.75) is 11.3 Å². The van der Waals surface area contributed by atoms with Crippen LogP contribution >= 0.6 is 11.8 Å².